The van der Waals surface area contributed by atoms with Crippen LogP contribution >= 0.6 is 0 Å². The van der Waals surface area contributed by atoms with Crippen molar-refractivity contribution in [3.05, 3.63) is 90.3 Å². The Morgan fingerprint density at radius 3 is 2.54 bits per heavy atom. The summed E-state index contributed by atoms with van der Waals surface area (Å²) in [4.78, 5) is 19.3. The molecule has 0 aliphatic heterocycles. The van der Waals surface area contributed by atoms with Gasteiger partial charge in [-0.3, -0.25) is 19.4 Å². The standard InChI is InChI=1S/C32H46N6O/c1-7-10-12-28(8-2)30(13-11-20-33)31(35-24-38-22-19-26(5)36-38)29-16-14-27(15-17-29)23-37(9-3)21-18-25(4)32(39)34-6/h7-8,13-17,19-20,22,25,28,33H,1-2,9-12,18,21,23-24H2,3-6H3,(H,34,39)/b30-13-,33-20?,35-31-. The number of benzene rings is 1. The first-order valence-corrected chi connectivity index (χ1v) is 13.9. The molecular weight excluding hydrogens is 484 g/mol. The largest absolute Gasteiger partial charge is 0.359 e. The fraction of sp³-hybridized carbons (Fsp3) is 0.438. The van der Waals surface area contributed by atoms with Gasteiger partial charge in [-0.1, -0.05) is 56.3 Å². The number of nitrogens with one attached hydrogen (secondary N) is 2. The second-order valence-corrected chi connectivity index (χ2v) is 9.82. The summed E-state index contributed by atoms with van der Waals surface area (Å²) in [6.45, 7) is 17.1. The number of hydrogen-bond donors (Lipinski definition) is 2. The molecule has 2 atom stereocenters. The number of hydrogen-bond acceptors (Lipinski definition) is 5. The van der Waals surface area contributed by atoms with Crippen molar-refractivity contribution in [2.24, 2.45) is 16.8 Å². The van der Waals surface area contributed by atoms with E-state index in [9.17, 15) is 4.79 Å². The smallest absolute Gasteiger partial charge is 0.222 e. The van der Waals surface area contributed by atoms with Crippen LogP contribution in [0.1, 0.15) is 56.4 Å². The van der Waals surface area contributed by atoms with Crippen LogP contribution in [-0.2, 0) is 18.0 Å². The molecule has 1 aromatic carbocycles. The Balaban J connectivity index is 2.35. The van der Waals surface area contributed by atoms with Gasteiger partial charge in [0, 0.05) is 43.6 Å². The van der Waals surface area contributed by atoms with Crippen molar-refractivity contribution in [1.82, 2.24) is 20.0 Å². The number of rotatable bonds is 18. The van der Waals surface area contributed by atoms with Crippen LogP contribution in [0.4, 0.5) is 0 Å². The van der Waals surface area contributed by atoms with E-state index in [2.05, 4.69) is 65.7 Å². The number of aryl methyl sites for hydroxylation is 1. The lowest BCUT2D eigenvalue weighted by Crippen LogP contribution is -2.30. The summed E-state index contributed by atoms with van der Waals surface area (Å²) in [7, 11) is 1.69. The van der Waals surface area contributed by atoms with Crippen LogP contribution in [0.2, 0.25) is 0 Å². The van der Waals surface area contributed by atoms with Gasteiger partial charge in [-0.15, -0.1) is 13.2 Å². The van der Waals surface area contributed by atoms with Gasteiger partial charge >= 0.3 is 0 Å². The van der Waals surface area contributed by atoms with Gasteiger partial charge in [0.25, 0.3) is 0 Å². The van der Waals surface area contributed by atoms with Crippen LogP contribution < -0.4 is 5.32 Å². The average Bonchev–Trinajstić information content (AvgIpc) is 3.38. The third-order valence-corrected chi connectivity index (χ3v) is 6.90. The minimum absolute atomic E-state index is 0.00570. The number of carbonyl (C=O) groups is 1. The number of nitrogens with zero attached hydrogens (tertiary/aromatic N) is 4. The maximum Gasteiger partial charge on any atom is 0.222 e. The first-order chi connectivity index (χ1) is 18.9. The van der Waals surface area contributed by atoms with Crippen molar-refractivity contribution in [2.45, 2.75) is 59.7 Å². The molecule has 2 aromatic rings. The van der Waals surface area contributed by atoms with Gasteiger partial charge in [0.2, 0.25) is 5.91 Å². The first kappa shape index (κ1) is 31.6. The van der Waals surface area contributed by atoms with E-state index in [1.165, 1.54) is 11.8 Å². The highest BCUT2D eigenvalue weighted by Gasteiger charge is 2.18. The normalized spacial score (nSPS) is 13.7. The molecule has 39 heavy (non-hydrogen) atoms. The minimum Gasteiger partial charge on any atom is -0.359 e. The Morgan fingerprint density at radius 2 is 1.97 bits per heavy atom. The second-order valence-electron chi connectivity index (χ2n) is 9.82. The molecule has 0 aliphatic carbocycles. The predicted molar refractivity (Wildman–Crippen MR) is 163 cm³/mol. The third kappa shape index (κ3) is 10.2. The summed E-state index contributed by atoms with van der Waals surface area (Å²) < 4.78 is 1.84. The maximum absolute atomic E-state index is 11.9. The Morgan fingerprint density at radius 1 is 1.23 bits per heavy atom. The molecule has 1 heterocycles. The fourth-order valence-electron chi connectivity index (χ4n) is 4.47. The minimum atomic E-state index is -0.00570. The number of amides is 1. The first-order valence-electron chi connectivity index (χ1n) is 13.9. The highest BCUT2D eigenvalue weighted by molar-refractivity contribution is 6.13. The third-order valence-electron chi connectivity index (χ3n) is 6.90. The van der Waals surface area contributed by atoms with Crippen LogP contribution in [0.15, 0.2) is 78.5 Å². The Labute approximate surface area is 234 Å². The van der Waals surface area contributed by atoms with Gasteiger partial charge < -0.3 is 10.7 Å². The van der Waals surface area contributed by atoms with Crippen LogP contribution in [0.5, 0.6) is 0 Å². The molecule has 2 unspecified atom stereocenters. The molecule has 0 spiro atoms. The van der Waals surface area contributed by atoms with E-state index >= 15 is 0 Å². The number of aromatic nitrogens is 2. The van der Waals surface area contributed by atoms with Gasteiger partial charge in [-0.05, 0) is 62.7 Å². The molecule has 0 saturated heterocycles. The van der Waals surface area contributed by atoms with E-state index in [0.29, 0.717) is 13.1 Å². The second kappa shape index (κ2) is 17.1. The lowest BCUT2D eigenvalue weighted by molar-refractivity contribution is -0.124. The zero-order valence-electron chi connectivity index (χ0n) is 24.2. The topological polar surface area (TPSA) is 86.4 Å². The summed E-state index contributed by atoms with van der Waals surface area (Å²) in [6, 6.07) is 10.6. The quantitative estimate of drug-likeness (QED) is 0.184. The summed E-state index contributed by atoms with van der Waals surface area (Å²) in [5.74, 6) is 0.178. The van der Waals surface area contributed by atoms with Crippen molar-refractivity contribution in [3.63, 3.8) is 0 Å². The predicted octanol–water partition coefficient (Wildman–Crippen LogP) is 5.97. The molecular formula is C32H46N6O. The Bertz CT molecular complexity index is 1130. The van der Waals surface area contributed by atoms with E-state index in [-0.39, 0.29) is 17.7 Å². The monoisotopic (exact) mass is 530 g/mol. The summed E-state index contributed by atoms with van der Waals surface area (Å²) in [5.41, 5.74) is 5.17. The Kier molecular flexibility index (Phi) is 13.9. The molecule has 0 radical (unpaired) electrons. The van der Waals surface area contributed by atoms with E-state index < -0.39 is 0 Å². The van der Waals surface area contributed by atoms with Crippen molar-refractivity contribution in [3.8, 4) is 0 Å². The van der Waals surface area contributed by atoms with Crippen molar-refractivity contribution < 1.29 is 4.79 Å². The average molecular weight is 531 g/mol. The summed E-state index contributed by atoms with van der Waals surface area (Å²) in [6.07, 6.45) is 12.5. The summed E-state index contributed by atoms with van der Waals surface area (Å²) in [5, 5.41) is 14.9. The van der Waals surface area contributed by atoms with Crippen LogP contribution in [0.3, 0.4) is 0 Å². The molecule has 0 saturated carbocycles. The molecule has 7 nitrogen and oxygen atoms in total. The van der Waals surface area contributed by atoms with Crippen molar-refractivity contribution in [1.29, 1.82) is 5.41 Å². The van der Waals surface area contributed by atoms with E-state index in [1.807, 2.05) is 42.9 Å². The van der Waals surface area contributed by atoms with Crippen LogP contribution in [0, 0.1) is 24.2 Å². The highest BCUT2D eigenvalue weighted by atomic mass is 16.1. The van der Waals surface area contributed by atoms with E-state index in [0.717, 1.165) is 61.4 Å². The summed E-state index contributed by atoms with van der Waals surface area (Å²) >= 11 is 0. The van der Waals surface area contributed by atoms with Gasteiger partial charge in [-0.2, -0.15) is 5.10 Å². The molecule has 0 aliphatic rings. The van der Waals surface area contributed by atoms with Gasteiger partial charge in [0.15, 0.2) is 0 Å². The van der Waals surface area contributed by atoms with Crippen LogP contribution in [0.25, 0.3) is 0 Å². The maximum atomic E-state index is 11.9. The lowest BCUT2D eigenvalue weighted by atomic mass is 9.86. The van der Waals surface area contributed by atoms with Crippen molar-refractivity contribution in [2.75, 3.05) is 20.1 Å². The molecule has 2 rings (SSSR count). The molecule has 7 heteroatoms. The Hall–Kier alpha value is -3.58. The van der Waals surface area contributed by atoms with E-state index in [1.54, 1.807) is 7.05 Å². The zero-order chi connectivity index (χ0) is 28.6. The van der Waals surface area contributed by atoms with Crippen molar-refractivity contribution >= 4 is 17.8 Å². The molecule has 2 N–H and O–H groups in total. The lowest BCUT2D eigenvalue weighted by Gasteiger charge is -2.23. The SMILES string of the molecule is C=CCCC(C=C)C(=C/CC=N)/C(=N\Cn1ccc(C)n1)c1ccc(CN(CC)CCC(C)C(=O)NC)cc1. The molecule has 0 fully saturated rings. The molecule has 1 aromatic heterocycles. The van der Waals surface area contributed by atoms with Crippen LogP contribution in [-0.4, -0.2) is 52.7 Å². The van der Waals surface area contributed by atoms with Gasteiger partial charge in [-0.25, -0.2) is 0 Å². The fourth-order valence-corrected chi connectivity index (χ4v) is 4.47. The zero-order valence-corrected chi connectivity index (χ0v) is 24.2. The van der Waals surface area contributed by atoms with Gasteiger partial charge in [0.05, 0.1) is 11.4 Å². The molecule has 0 bridgehead atoms. The number of aliphatic imine (C=N–C) groups is 1. The molecule has 1 amide bonds. The highest BCUT2D eigenvalue weighted by Crippen LogP contribution is 2.25. The molecule has 210 valence electrons. The van der Waals surface area contributed by atoms with E-state index in [4.69, 9.17) is 10.4 Å². The number of carbonyl (C=O) groups excluding carboxylic acids is 1. The van der Waals surface area contributed by atoms with Gasteiger partial charge in [0.1, 0.15) is 6.67 Å². The number of allylic oxidation sites excluding steroid dienone is 4.